The summed E-state index contributed by atoms with van der Waals surface area (Å²) >= 11 is 0. The summed E-state index contributed by atoms with van der Waals surface area (Å²) in [5.41, 5.74) is 4.06. The first-order chi connectivity index (χ1) is 18.2. The summed E-state index contributed by atoms with van der Waals surface area (Å²) in [6, 6.07) is 17.3. The van der Waals surface area contributed by atoms with Gasteiger partial charge in [-0.3, -0.25) is 19.3 Å². The lowest BCUT2D eigenvalue weighted by atomic mass is 9.92. The average Bonchev–Trinajstić information content (AvgIpc) is 2.91. The summed E-state index contributed by atoms with van der Waals surface area (Å²) in [5, 5.41) is 9.63. The van der Waals surface area contributed by atoms with Gasteiger partial charge in [-0.1, -0.05) is 74.5 Å². The molecule has 0 aliphatic carbocycles. The van der Waals surface area contributed by atoms with Gasteiger partial charge in [-0.2, -0.15) is 0 Å². The molecule has 2 aromatic rings. The monoisotopic (exact) mass is 525 g/mol. The summed E-state index contributed by atoms with van der Waals surface area (Å²) < 4.78 is 5.38. The van der Waals surface area contributed by atoms with Gasteiger partial charge in [0.25, 0.3) is 0 Å². The molecule has 3 rings (SSSR count). The van der Waals surface area contributed by atoms with Crippen LogP contribution in [0.1, 0.15) is 37.8 Å². The molecule has 3 amide bonds. The summed E-state index contributed by atoms with van der Waals surface area (Å²) in [4.78, 5) is 58.5. The van der Waals surface area contributed by atoms with Crippen LogP contribution < -0.4 is 5.48 Å². The third-order valence-corrected chi connectivity index (χ3v) is 6.24. The number of hydroxylamine groups is 1. The number of benzene rings is 2. The molecule has 1 heterocycles. The minimum Gasteiger partial charge on any atom is -0.465 e. The van der Waals surface area contributed by atoms with Crippen LogP contribution in [0.5, 0.6) is 0 Å². The highest BCUT2D eigenvalue weighted by molar-refractivity contribution is 5.87. The number of hydrogen-bond acceptors (Lipinski definition) is 6. The molecule has 0 radical (unpaired) electrons. The molecule has 38 heavy (non-hydrogen) atoms. The minimum absolute atomic E-state index is 0.00327. The molecule has 1 fully saturated rings. The number of nitrogens with one attached hydrogen (secondary N) is 1. The number of carboxylic acid groups (broad SMARTS) is 1. The fourth-order valence-corrected chi connectivity index (χ4v) is 4.38. The van der Waals surface area contributed by atoms with Gasteiger partial charge in [-0.25, -0.2) is 15.1 Å². The van der Waals surface area contributed by atoms with Crippen LogP contribution in [-0.4, -0.2) is 64.5 Å². The zero-order valence-corrected chi connectivity index (χ0v) is 21.7. The van der Waals surface area contributed by atoms with Crippen molar-refractivity contribution in [3.63, 3.8) is 0 Å². The van der Waals surface area contributed by atoms with Crippen molar-refractivity contribution < 1.29 is 33.9 Å². The zero-order valence-electron chi connectivity index (χ0n) is 21.7. The van der Waals surface area contributed by atoms with Crippen molar-refractivity contribution in [1.82, 2.24) is 15.3 Å². The van der Waals surface area contributed by atoms with E-state index in [-0.39, 0.29) is 51.1 Å². The molecule has 10 nitrogen and oxygen atoms in total. The lowest BCUT2D eigenvalue weighted by Crippen LogP contribution is -2.60. The van der Waals surface area contributed by atoms with Crippen molar-refractivity contribution in [2.24, 2.45) is 11.8 Å². The number of amides is 3. The van der Waals surface area contributed by atoms with Gasteiger partial charge in [0.05, 0.1) is 13.2 Å². The molecule has 0 saturated carbocycles. The van der Waals surface area contributed by atoms with E-state index in [0.717, 1.165) is 16.0 Å². The zero-order chi connectivity index (χ0) is 27.5. The molecule has 0 bridgehead atoms. The lowest BCUT2D eigenvalue weighted by molar-refractivity contribution is -0.156. The maximum absolute atomic E-state index is 13.5. The van der Waals surface area contributed by atoms with E-state index < -0.39 is 29.9 Å². The molecule has 10 heteroatoms. The summed E-state index contributed by atoms with van der Waals surface area (Å²) in [7, 11) is 0. The van der Waals surface area contributed by atoms with Crippen molar-refractivity contribution in [1.29, 1.82) is 0 Å². The van der Waals surface area contributed by atoms with Crippen LogP contribution in [0, 0.1) is 11.8 Å². The molecule has 204 valence electrons. The van der Waals surface area contributed by atoms with Crippen molar-refractivity contribution in [3.05, 3.63) is 71.8 Å². The van der Waals surface area contributed by atoms with Crippen molar-refractivity contribution in [2.75, 3.05) is 19.6 Å². The van der Waals surface area contributed by atoms with Crippen LogP contribution in [0.25, 0.3) is 0 Å². The number of rotatable bonds is 11. The summed E-state index contributed by atoms with van der Waals surface area (Å²) in [6.07, 6.45) is -0.895. The Morgan fingerprint density at radius 1 is 0.947 bits per heavy atom. The van der Waals surface area contributed by atoms with Crippen LogP contribution in [0.3, 0.4) is 0 Å². The molecule has 2 aromatic carbocycles. The van der Waals surface area contributed by atoms with Crippen LogP contribution in [0.2, 0.25) is 0 Å². The highest BCUT2D eigenvalue weighted by atomic mass is 16.6. The van der Waals surface area contributed by atoms with Gasteiger partial charge >= 0.3 is 12.1 Å². The van der Waals surface area contributed by atoms with E-state index in [1.165, 1.54) is 4.90 Å². The number of esters is 1. The number of ether oxygens (including phenoxy) is 1. The first kappa shape index (κ1) is 28.6. The van der Waals surface area contributed by atoms with E-state index in [4.69, 9.17) is 9.57 Å². The van der Waals surface area contributed by atoms with Crippen molar-refractivity contribution >= 4 is 23.9 Å². The Bertz CT molecular complexity index is 1080. The smallest absolute Gasteiger partial charge is 0.408 e. The van der Waals surface area contributed by atoms with E-state index >= 15 is 0 Å². The van der Waals surface area contributed by atoms with E-state index in [1.54, 1.807) is 12.1 Å². The Morgan fingerprint density at radius 2 is 1.55 bits per heavy atom. The maximum atomic E-state index is 13.5. The first-order valence-corrected chi connectivity index (χ1v) is 12.7. The van der Waals surface area contributed by atoms with E-state index in [0.29, 0.717) is 6.42 Å². The Kier molecular flexibility index (Phi) is 10.7. The van der Waals surface area contributed by atoms with Crippen LogP contribution in [0.4, 0.5) is 4.79 Å². The number of hydrogen-bond donors (Lipinski definition) is 2. The van der Waals surface area contributed by atoms with Gasteiger partial charge < -0.3 is 14.7 Å². The fourth-order valence-electron chi connectivity index (χ4n) is 4.38. The number of carbonyl (C=O) groups excluding carboxylic acids is 3. The van der Waals surface area contributed by atoms with Gasteiger partial charge in [-0.15, -0.1) is 0 Å². The Morgan fingerprint density at radius 3 is 2.13 bits per heavy atom. The van der Waals surface area contributed by atoms with E-state index in [9.17, 15) is 24.3 Å². The second-order valence-electron chi connectivity index (χ2n) is 9.70. The molecule has 1 aliphatic heterocycles. The number of nitrogens with zero attached hydrogens (tertiary/aromatic N) is 2. The van der Waals surface area contributed by atoms with Gasteiger partial charge in [-0.05, 0) is 23.5 Å². The van der Waals surface area contributed by atoms with Crippen LogP contribution in [-0.2, 0) is 37.2 Å². The summed E-state index contributed by atoms with van der Waals surface area (Å²) in [6.45, 7) is 4.04. The third-order valence-electron chi connectivity index (χ3n) is 6.24. The largest absolute Gasteiger partial charge is 0.465 e. The topological polar surface area (TPSA) is 125 Å². The van der Waals surface area contributed by atoms with Gasteiger partial charge in [0, 0.05) is 25.4 Å². The molecule has 0 unspecified atom stereocenters. The third kappa shape index (κ3) is 8.58. The van der Waals surface area contributed by atoms with Gasteiger partial charge in [0.2, 0.25) is 11.8 Å². The quantitative estimate of drug-likeness (QED) is 0.341. The van der Waals surface area contributed by atoms with Gasteiger partial charge in [0.1, 0.15) is 6.61 Å². The number of carbonyl (C=O) groups is 4. The molecule has 1 saturated heterocycles. The van der Waals surface area contributed by atoms with Crippen LogP contribution >= 0.6 is 0 Å². The highest BCUT2D eigenvalue weighted by Crippen LogP contribution is 2.22. The Labute approximate surface area is 222 Å². The standard InChI is InChI=1S/C28H35N3O7/c1-20(2)15-23(16-25(32)29-38-19-22-11-7-4-8-12-22)26(33)30-13-14-31(28(35)36)24(17-30)27(34)37-18-21-9-5-3-6-10-21/h3-12,20,23-24H,13-19H2,1-2H3,(H,29,32)(H,35,36)/t23-,24+/m1/s1. The number of piperazine rings is 1. The molecule has 1 aliphatic rings. The Balaban J connectivity index is 1.61. The van der Waals surface area contributed by atoms with Gasteiger partial charge in [0.15, 0.2) is 6.04 Å². The van der Waals surface area contributed by atoms with Crippen molar-refractivity contribution in [2.45, 2.75) is 45.9 Å². The fraction of sp³-hybridized carbons (Fsp3) is 0.429. The molecular weight excluding hydrogens is 490 g/mol. The SMILES string of the molecule is CC(C)C[C@H](CC(=O)NOCc1ccccc1)C(=O)N1CCN(C(=O)O)[C@H](C(=O)OCc2ccccc2)C1. The second-order valence-corrected chi connectivity index (χ2v) is 9.70. The van der Waals surface area contributed by atoms with Crippen molar-refractivity contribution in [3.8, 4) is 0 Å². The molecular formula is C28H35N3O7. The molecule has 0 aromatic heterocycles. The Hall–Kier alpha value is -3.92. The first-order valence-electron chi connectivity index (χ1n) is 12.7. The predicted octanol–water partition coefficient (Wildman–Crippen LogP) is 3.22. The normalized spacial score (nSPS) is 16.1. The lowest BCUT2D eigenvalue weighted by Gasteiger charge is -2.39. The van der Waals surface area contributed by atoms with Crippen LogP contribution in [0.15, 0.2) is 60.7 Å². The average molecular weight is 526 g/mol. The summed E-state index contributed by atoms with van der Waals surface area (Å²) in [5.74, 6) is -1.96. The minimum atomic E-state index is -1.26. The second kappa shape index (κ2) is 14.1. The molecule has 0 spiro atoms. The predicted molar refractivity (Wildman–Crippen MR) is 138 cm³/mol. The maximum Gasteiger partial charge on any atom is 0.408 e. The highest BCUT2D eigenvalue weighted by Gasteiger charge is 2.40. The van der Waals surface area contributed by atoms with E-state index in [1.807, 2.05) is 62.4 Å². The van der Waals surface area contributed by atoms with E-state index in [2.05, 4.69) is 5.48 Å². The molecule has 2 atom stereocenters. The molecule has 2 N–H and O–H groups in total.